The summed E-state index contributed by atoms with van der Waals surface area (Å²) in [5.74, 6) is -0.945. The highest BCUT2D eigenvalue weighted by molar-refractivity contribution is 6.52. The van der Waals surface area contributed by atoms with Crippen molar-refractivity contribution >= 4 is 29.0 Å². The summed E-state index contributed by atoms with van der Waals surface area (Å²) in [6, 6.07) is 7.07. The van der Waals surface area contributed by atoms with Gasteiger partial charge in [0.05, 0.1) is 17.8 Å². The number of halogens is 1. The van der Waals surface area contributed by atoms with E-state index in [0.29, 0.717) is 22.9 Å². The SMILES string of the molecule is Cc1ccc2c(c1C)N(Cc1ccnc(Cl)c1)C(=O)C2=O. The topological polar surface area (TPSA) is 50.3 Å². The second kappa shape index (κ2) is 4.97. The predicted molar refractivity (Wildman–Crippen MR) is 80.7 cm³/mol. The first-order valence-corrected chi connectivity index (χ1v) is 6.93. The molecule has 0 unspecified atom stereocenters. The fourth-order valence-electron chi connectivity index (χ4n) is 2.55. The molecule has 0 saturated carbocycles. The van der Waals surface area contributed by atoms with Crippen LogP contribution in [0.3, 0.4) is 0 Å². The quantitative estimate of drug-likeness (QED) is 0.632. The third-order valence-corrected chi connectivity index (χ3v) is 3.99. The molecule has 5 heteroatoms. The van der Waals surface area contributed by atoms with E-state index < -0.39 is 11.7 Å². The first-order chi connectivity index (χ1) is 9.99. The molecule has 1 aliphatic heterocycles. The minimum absolute atomic E-state index is 0.310. The minimum Gasteiger partial charge on any atom is -0.300 e. The van der Waals surface area contributed by atoms with Crippen molar-refractivity contribution in [2.45, 2.75) is 20.4 Å². The van der Waals surface area contributed by atoms with Crippen molar-refractivity contribution in [2.75, 3.05) is 4.90 Å². The number of hydrogen-bond donors (Lipinski definition) is 0. The maximum Gasteiger partial charge on any atom is 0.299 e. The Morgan fingerprint density at radius 3 is 2.67 bits per heavy atom. The fraction of sp³-hybridized carbons (Fsp3) is 0.188. The standard InChI is InChI=1S/C16H13ClN2O2/c1-9-3-4-12-14(10(9)2)19(16(21)15(12)20)8-11-5-6-18-13(17)7-11/h3-7H,8H2,1-2H3. The number of carbonyl (C=O) groups is 2. The van der Waals surface area contributed by atoms with E-state index in [2.05, 4.69) is 4.98 Å². The molecule has 0 N–H and O–H groups in total. The van der Waals surface area contributed by atoms with E-state index in [0.717, 1.165) is 16.7 Å². The van der Waals surface area contributed by atoms with Gasteiger partial charge in [-0.15, -0.1) is 0 Å². The maximum atomic E-state index is 12.2. The average molecular weight is 301 g/mol. The Bertz CT molecular complexity index is 771. The lowest BCUT2D eigenvalue weighted by Crippen LogP contribution is -2.29. The Kier molecular flexibility index (Phi) is 3.26. The number of amides is 1. The molecule has 0 fully saturated rings. The Hall–Kier alpha value is -2.20. The first kappa shape index (κ1) is 13.8. The van der Waals surface area contributed by atoms with Gasteiger partial charge >= 0.3 is 0 Å². The van der Waals surface area contributed by atoms with Crippen LogP contribution in [-0.2, 0) is 11.3 Å². The van der Waals surface area contributed by atoms with E-state index in [-0.39, 0.29) is 0 Å². The highest BCUT2D eigenvalue weighted by Crippen LogP contribution is 2.35. The van der Waals surface area contributed by atoms with Crippen LogP contribution < -0.4 is 4.90 Å². The highest BCUT2D eigenvalue weighted by Gasteiger charge is 2.37. The van der Waals surface area contributed by atoms with Gasteiger partial charge in [-0.05, 0) is 48.7 Å². The first-order valence-electron chi connectivity index (χ1n) is 6.56. The van der Waals surface area contributed by atoms with Crippen molar-refractivity contribution in [2.24, 2.45) is 0 Å². The summed E-state index contributed by atoms with van der Waals surface area (Å²) in [5, 5.41) is 0.367. The molecular formula is C16H13ClN2O2. The number of rotatable bonds is 2. The van der Waals surface area contributed by atoms with Gasteiger partial charge in [0.1, 0.15) is 5.15 Å². The van der Waals surface area contributed by atoms with Crippen molar-refractivity contribution in [1.29, 1.82) is 0 Å². The van der Waals surface area contributed by atoms with Crippen molar-refractivity contribution in [1.82, 2.24) is 4.98 Å². The number of nitrogens with zero attached hydrogens (tertiary/aromatic N) is 2. The van der Waals surface area contributed by atoms with Crippen LogP contribution >= 0.6 is 11.6 Å². The van der Waals surface area contributed by atoms with Gasteiger partial charge in [-0.25, -0.2) is 4.98 Å². The number of anilines is 1. The van der Waals surface area contributed by atoms with Gasteiger partial charge in [0, 0.05) is 6.20 Å². The summed E-state index contributed by atoms with van der Waals surface area (Å²) in [6.07, 6.45) is 1.59. The molecule has 1 amide bonds. The lowest BCUT2D eigenvalue weighted by atomic mass is 10.0. The molecule has 106 valence electrons. The number of Topliss-reactive ketones (excluding diaryl/α,β-unsaturated/α-hetero) is 1. The zero-order chi connectivity index (χ0) is 15.1. The second-order valence-electron chi connectivity index (χ2n) is 5.11. The van der Waals surface area contributed by atoms with Crippen LogP contribution in [0.1, 0.15) is 27.0 Å². The van der Waals surface area contributed by atoms with Gasteiger partial charge in [0.15, 0.2) is 0 Å². The molecule has 21 heavy (non-hydrogen) atoms. The van der Waals surface area contributed by atoms with E-state index >= 15 is 0 Å². The number of fused-ring (bicyclic) bond motifs is 1. The van der Waals surface area contributed by atoms with E-state index in [4.69, 9.17) is 11.6 Å². The molecule has 0 bridgehead atoms. The average Bonchev–Trinajstić information content (AvgIpc) is 2.69. The second-order valence-corrected chi connectivity index (χ2v) is 5.50. The van der Waals surface area contributed by atoms with Crippen LogP contribution in [0.2, 0.25) is 5.15 Å². The Balaban J connectivity index is 2.07. The van der Waals surface area contributed by atoms with Crippen molar-refractivity contribution in [3.05, 3.63) is 57.9 Å². The van der Waals surface area contributed by atoms with Crippen LogP contribution in [0.4, 0.5) is 5.69 Å². The number of ketones is 1. The Labute approximate surface area is 127 Å². The molecule has 0 spiro atoms. The van der Waals surface area contributed by atoms with Crippen LogP contribution in [0.25, 0.3) is 0 Å². The van der Waals surface area contributed by atoms with E-state index in [1.807, 2.05) is 19.9 Å². The summed E-state index contributed by atoms with van der Waals surface area (Å²) < 4.78 is 0. The zero-order valence-corrected chi connectivity index (χ0v) is 12.4. The summed E-state index contributed by atoms with van der Waals surface area (Å²) in [4.78, 5) is 29.8. The molecule has 0 atom stereocenters. The van der Waals surface area contributed by atoms with Crippen molar-refractivity contribution in [3.8, 4) is 0 Å². The van der Waals surface area contributed by atoms with Gasteiger partial charge < -0.3 is 4.90 Å². The van der Waals surface area contributed by atoms with Gasteiger partial charge in [-0.3, -0.25) is 9.59 Å². The van der Waals surface area contributed by atoms with Gasteiger partial charge in [0.2, 0.25) is 0 Å². The summed E-state index contributed by atoms with van der Waals surface area (Å²) in [5.41, 5.74) is 4.02. The molecule has 3 rings (SSSR count). The van der Waals surface area contributed by atoms with Gasteiger partial charge in [-0.2, -0.15) is 0 Å². The number of pyridine rings is 1. The number of aryl methyl sites for hydroxylation is 1. The van der Waals surface area contributed by atoms with Crippen molar-refractivity contribution in [3.63, 3.8) is 0 Å². The van der Waals surface area contributed by atoms with Crippen LogP contribution in [-0.4, -0.2) is 16.7 Å². The molecule has 0 saturated heterocycles. The zero-order valence-electron chi connectivity index (χ0n) is 11.7. The number of carbonyl (C=O) groups excluding carboxylic acids is 2. The summed E-state index contributed by atoms with van der Waals surface area (Å²) in [6.45, 7) is 4.20. The number of aromatic nitrogens is 1. The molecule has 2 heterocycles. The molecular weight excluding hydrogens is 288 g/mol. The third kappa shape index (κ3) is 2.21. The van der Waals surface area contributed by atoms with Gasteiger partial charge in [0.25, 0.3) is 11.7 Å². The van der Waals surface area contributed by atoms with Crippen LogP contribution in [0.15, 0.2) is 30.5 Å². The monoisotopic (exact) mass is 300 g/mol. The van der Waals surface area contributed by atoms with Gasteiger partial charge in [-0.1, -0.05) is 17.7 Å². The molecule has 4 nitrogen and oxygen atoms in total. The predicted octanol–water partition coefficient (Wildman–Crippen LogP) is 3.08. The minimum atomic E-state index is -0.494. The molecule has 0 aliphatic carbocycles. The molecule has 1 aromatic carbocycles. The molecule has 1 aromatic heterocycles. The largest absolute Gasteiger partial charge is 0.300 e. The lowest BCUT2D eigenvalue weighted by Gasteiger charge is -2.19. The highest BCUT2D eigenvalue weighted by atomic mass is 35.5. The lowest BCUT2D eigenvalue weighted by molar-refractivity contribution is -0.114. The normalized spacial score (nSPS) is 13.8. The van der Waals surface area contributed by atoms with Crippen molar-refractivity contribution < 1.29 is 9.59 Å². The Morgan fingerprint density at radius 2 is 1.95 bits per heavy atom. The molecule has 2 aromatic rings. The third-order valence-electron chi connectivity index (χ3n) is 3.79. The van der Waals surface area contributed by atoms with Crippen LogP contribution in [0.5, 0.6) is 0 Å². The Morgan fingerprint density at radius 1 is 1.19 bits per heavy atom. The number of benzene rings is 1. The number of hydrogen-bond acceptors (Lipinski definition) is 3. The van der Waals surface area contributed by atoms with Crippen LogP contribution in [0, 0.1) is 13.8 Å². The smallest absolute Gasteiger partial charge is 0.299 e. The summed E-state index contributed by atoms with van der Waals surface area (Å²) >= 11 is 5.87. The fourth-order valence-corrected chi connectivity index (χ4v) is 2.74. The van der Waals surface area contributed by atoms with E-state index in [1.165, 1.54) is 4.90 Å². The maximum absolute atomic E-state index is 12.2. The van der Waals surface area contributed by atoms with E-state index in [9.17, 15) is 9.59 Å². The van der Waals surface area contributed by atoms with E-state index in [1.54, 1.807) is 24.4 Å². The molecule has 1 aliphatic rings. The summed E-state index contributed by atoms with van der Waals surface area (Å²) in [7, 11) is 0. The molecule has 0 radical (unpaired) electrons.